The van der Waals surface area contributed by atoms with E-state index in [9.17, 15) is 0 Å². The van der Waals surface area contributed by atoms with Gasteiger partial charge in [-0.3, -0.25) is 4.90 Å². The zero-order valence-electron chi connectivity index (χ0n) is 11.0. The van der Waals surface area contributed by atoms with Gasteiger partial charge in [0.05, 0.1) is 0 Å². The third-order valence-corrected chi connectivity index (χ3v) is 3.99. The lowest BCUT2D eigenvalue weighted by molar-refractivity contribution is 0.164. The van der Waals surface area contributed by atoms with Gasteiger partial charge in [-0.05, 0) is 56.3 Å². The number of nitrogen functional groups attached to an aromatic ring is 1. The van der Waals surface area contributed by atoms with Crippen LogP contribution in [0.4, 0.5) is 5.69 Å². The van der Waals surface area contributed by atoms with E-state index in [2.05, 4.69) is 31.0 Å². The monoisotopic (exact) mass is 232 g/mol. The Morgan fingerprint density at radius 2 is 1.94 bits per heavy atom. The maximum Gasteiger partial charge on any atom is 0.0317 e. The van der Waals surface area contributed by atoms with Crippen LogP contribution in [0.15, 0.2) is 24.3 Å². The smallest absolute Gasteiger partial charge is 0.0317 e. The third-order valence-electron chi connectivity index (χ3n) is 3.99. The van der Waals surface area contributed by atoms with Crippen molar-refractivity contribution in [1.29, 1.82) is 0 Å². The summed E-state index contributed by atoms with van der Waals surface area (Å²) in [5.74, 6) is 0.923. The number of rotatable bonds is 3. The Balaban J connectivity index is 1.90. The second kappa shape index (κ2) is 5.54. The number of hydrogen-bond acceptors (Lipinski definition) is 2. The molecule has 2 N–H and O–H groups in total. The van der Waals surface area contributed by atoms with E-state index in [-0.39, 0.29) is 0 Å². The highest BCUT2D eigenvalue weighted by molar-refractivity contribution is 5.40. The van der Waals surface area contributed by atoms with Crippen LogP contribution < -0.4 is 5.73 Å². The molecule has 0 saturated heterocycles. The van der Waals surface area contributed by atoms with Gasteiger partial charge in [-0.25, -0.2) is 0 Å². The van der Waals surface area contributed by atoms with Crippen LogP contribution >= 0.6 is 0 Å². The minimum atomic E-state index is 0.757. The number of nitrogens with two attached hydrogens (primary N) is 1. The lowest BCUT2D eigenvalue weighted by atomic mass is 9.86. The van der Waals surface area contributed by atoms with Crippen molar-refractivity contribution in [2.75, 3.05) is 12.8 Å². The van der Waals surface area contributed by atoms with Gasteiger partial charge in [0.1, 0.15) is 0 Å². The summed E-state index contributed by atoms with van der Waals surface area (Å²) >= 11 is 0. The zero-order chi connectivity index (χ0) is 12.3. The molecule has 17 heavy (non-hydrogen) atoms. The van der Waals surface area contributed by atoms with E-state index >= 15 is 0 Å². The maximum absolute atomic E-state index is 5.81. The van der Waals surface area contributed by atoms with Crippen molar-refractivity contribution in [3.63, 3.8) is 0 Å². The van der Waals surface area contributed by atoms with E-state index in [1.807, 2.05) is 12.1 Å². The average Bonchev–Trinajstić information content (AvgIpc) is 2.29. The molecule has 1 aliphatic carbocycles. The predicted octanol–water partition coefficient (Wildman–Crippen LogP) is 3.28. The topological polar surface area (TPSA) is 29.3 Å². The van der Waals surface area contributed by atoms with Crippen molar-refractivity contribution in [2.45, 2.75) is 45.2 Å². The maximum atomic E-state index is 5.81. The number of benzene rings is 1. The Bertz CT molecular complexity index is 354. The predicted molar refractivity (Wildman–Crippen MR) is 73.7 cm³/mol. The van der Waals surface area contributed by atoms with Crippen molar-refractivity contribution in [3.05, 3.63) is 29.8 Å². The van der Waals surface area contributed by atoms with Gasteiger partial charge in [-0.1, -0.05) is 19.1 Å². The second-order valence-electron chi connectivity index (χ2n) is 5.57. The van der Waals surface area contributed by atoms with Gasteiger partial charge in [-0.2, -0.15) is 0 Å². The van der Waals surface area contributed by atoms with Crippen LogP contribution in [0.3, 0.4) is 0 Å². The Hall–Kier alpha value is -1.02. The van der Waals surface area contributed by atoms with Gasteiger partial charge >= 0.3 is 0 Å². The lowest BCUT2D eigenvalue weighted by Crippen LogP contribution is -2.34. The number of nitrogens with zero attached hydrogens (tertiary/aromatic N) is 1. The normalized spacial score (nSPS) is 25.1. The molecular weight excluding hydrogens is 208 g/mol. The molecule has 0 amide bonds. The Morgan fingerprint density at radius 3 is 2.59 bits per heavy atom. The van der Waals surface area contributed by atoms with Crippen molar-refractivity contribution in [3.8, 4) is 0 Å². The first kappa shape index (κ1) is 12.4. The molecule has 0 radical (unpaired) electrons. The summed E-state index contributed by atoms with van der Waals surface area (Å²) in [5.41, 5.74) is 8.01. The highest BCUT2D eigenvalue weighted by Crippen LogP contribution is 2.27. The first-order valence-corrected chi connectivity index (χ1v) is 6.70. The van der Waals surface area contributed by atoms with Crippen LogP contribution in [0.1, 0.15) is 38.2 Å². The molecule has 1 aliphatic rings. The fraction of sp³-hybridized carbons (Fsp3) is 0.600. The molecule has 0 bridgehead atoms. The molecule has 0 aliphatic heterocycles. The molecule has 1 fully saturated rings. The molecule has 94 valence electrons. The van der Waals surface area contributed by atoms with Gasteiger partial charge in [-0.15, -0.1) is 0 Å². The second-order valence-corrected chi connectivity index (χ2v) is 5.57. The molecule has 2 nitrogen and oxygen atoms in total. The molecule has 0 heterocycles. The first-order chi connectivity index (χ1) is 8.15. The Labute approximate surface area is 105 Å². The third kappa shape index (κ3) is 3.47. The molecule has 0 atom stereocenters. The molecule has 2 heteroatoms. The summed E-state index contributed by atoms with van der Waals surface area (Å²) in [5, 5.41) is 0. The summed E-state index contributed by atoms with van der Waals surface area (Å²) in [4.78, 5) is 2.49. The highest BCUT2D eigenvalue weighted by Gasteiger charge is 2.21. The first-order valence-electron chi connectivity index (χ1n) is 6.70. The molecule has 1 aromatic carbocycles. The van der Waals surface area contributed by atoms with Crippen LogP contribution in [0.2, 0.25) is 0 Å². The van der Waals surface area contributed by atoms with Gasteiger partial charge in [0, 0.05) is 18.3 Å². The van der Waals surface area contributed by atoms with Crippen LogP contribution in [0.25, 0.3) is 0 Å². The van der Waals surface area contributed by atoms with E-state index < -0.39 is 0 Å². The van der Waals surface area contributed by atoms with Crippen molar-refractivity contribution in [2.24, 2.45) is 5.92 Å². The largest absolute Gasteiger partial charge is 0.399 e. The fourth-order valence-corrected chi connectivity index (χ4v) is 2.79. The minimum Gasteiger partial charge on any atom is -0.399 e. The number of anilines is 1. The Morgan fingerprint density at radius 1 is 1.24 bits per heavy atom. The van der Waals surface area contributed by atoms with E-state index in [0.29, 0.717) is 0 Å². The van der Waals surface area contributed by atoms with E-state index in [1.54, 1.807) is 0 Å². The van der Waals surface area contributed by atoms with Crippen molar-refractivity contribution in [1.82, 2.24) is 4.90 Å². The average molecular weight is 232 g/mol. The summed E-state index contributed by atoms with van der Waals surface area (Å²) in [6, 6.07) is 9.00. The van der Waals surface area contributed by atoms with E-state index in [0.717, 1.165) is 24.2 Å². The standard InChI is InChI=1S/C15H24N2/c1-12-6-8-15(9-7-12)17(2)11-13-4-3-5-14(16)10-13/h3-5,10,12,15H,6-9,11,16H2,1-2H3. The number of hydrogen-bond donors (Lipinski definition) is 1. The summed E-state index contributed by atoms with van der Waals surface area (Å²) in [7, 11) is 2.24. The van der Waals surface area contributed by atoms with Crippen LogP contribution in [0, 0.1) is 5.92 Å². The van der Waals surface area contributed by atoms with Gasteiger partial charge in [0.15, 0.2) is 0 Å². The minimum absolute atomic E-state index is 0.757. The zero-order valence-corrected chi connectivity index (χ0v) is 11.0. The van der Waals surface area contributed by atoms with Crippen LogP contribution in [-0.4, -0.2) is 18.0 Å². The van der Waals surface area contributed by atoms with Gasteiger partial charge in [0.25, 0.3) is 0 Å². The van der Waals surface area contributed by atoms with E-state index in [4.69, 9.17) is 5.73 Å². The highest BCUT2D eigenvalue weighted by atomic mass is 15.1. The summed E-state index contributed by atoms with van der Waals surface area (Å²) in [6.07, 6.45) is 5.46. The SMILES string of the molecule is CC1CCC(N(C)Cc2cccc(N)c2)CC1. The Kier molecular flexibility index (Phi) is 4.06. The van der Waals surface area contributed by atoms with Gasteiger partial charge < -0.3 is 5.73 Å². The van der Waals surface area contributed by atoms with Gasteiger partial charge in [0.2, 0.25) is 0 Å². The lowest BCUT2D eigenvalue weighted by Gasteiger charge is -2.33. The van der Waals surface area contributed by atoms with Crippen molar-refractivity contribution >= 4 is 5.69 Å². The molecular formula is C15H24N2. The van der Waals surface area contributed by atoms with E-state index in [1.165, 1.54) is 31.2 Å². The molecule has 1 aromatic rings. The summed E-state index contributed by atoms with van der Waals surface area (Å²) < 4.78 is 0. The fourth-order valence-electron chi connectivity index (χ4n) is 2.79. The molecule has 1 saturated carbocycles. The van der Waals surface area contributed by atoms with Crippen LogP contribution in [-0.2, 0) is 6.54 Å². The summed E-state index contributed by atoms with van der Waals surface area (Å²) in [6.45, 7) is 3.39. The molecule has 0 aromatic heterocycles. The molecule has 0 unspecified atom stereocenters. The van der Waals surface area contributed by atoms with Crippen molar-refractivity contribution < 1.29 is 0 Å². The molecule has 0 spiro atoms. The van der Waals surface area contributed by atoms with Crippen LogP contribution in [0.5, 0.6) is 0 Å². The quantitative estimate of drug-likeness (QED) is 0.810. The molecule has 2 rings (SSSR count).